The maximum atomic E-state index is 11.6. The van der Waals surface area contributed by atoms with E-state index in [9.17, 15) is 4.79 Å². The first-order valence-electron chi connectivity index (χ1n) is 5.95. The normalized spacial score (nSPS) is 10.1. The van der Waals surface area contributed by atoms with E-state index in [1.165, 1.54) is 0 Å². The molecule has 0 aliphatic carbocycles. The molecule has 1 aromatic heterocycles. The summed E-state index contributed by atoms with van der Waals surface area (Å²) in [6.07, 6.45) is 3.82. The first kappa shape index (κ1) is 12.3. The summed E-state index contributed by atoms with van der Waals surface area (Å²) in [5.41, 5.74) is 3.00. The molecule has 0 aliphatic rings. The minimum atomic E-state index is -0.200. The van der Waals surface area contributed by atoms with E-state index in [-0.39, 0.29) is 5.97 Å². The van der Waals surface area contributed by atoms with E-state index in [0.29, 0.717) is 13.0 Å². The number of esters is 1. The summed E-state index contributed by atoms with van der Waals surface area (Å²) in [6, 6.07) is 11.7. The highest BCUT2D eigenvalue weighted by Gasteiger charge is 2.09. The van der Waals surface area contributed by atoms with Gasteiger partial charge in [-0.1, -0.05) is 30.3 Å². The van der Waals surface area contributed by atoms with Crippen LogP contribution in [0.5, 0.6) is 0 Å². The average Bonchev–Trinajstić information content (AvgIpc) is 2.40. The molecule has 0 fully saturated rings. The van der Waals surface area contributed by atoms with Crippen molar-refractivity contribution in [3.05, 3.63) is 54.4 Å². The summed E-state index contributed by atoms with van der Waals surface area (Å²) in [6.45, 7) is 2.22. The Labute approximate surface area is 106 Å². The highest BCUT2D eigenvalue weighted by atomic mass is 16.5. The van der Waals surface area contributed by atoms with Gasteiger partial charge >= 0.3 is 5.97 Å². The summed E-state index contributed by atoms with van der Waals surface area (Å²) >= 11 is 0. The lowest BCUT2D eigenvalue weighted by Gasteiger charge is -2.08. The Bertz CT molecular complexity index is 523. The van der Waals surface area contributed by atoms with Crippen molar-refractivity contribution in [2.24, 2.45) is 0 Å². The summed E-state index contributed by atoms with van der Waals surface area (Å²) in [7, 11) is 0. The van der Waals surface area contributed by atoms with E-state index in [4.69, 9.17) is 4.74 Å². The molecular formula is C15H15NO2. The molecular weight excluding hydrogens is 226 g/mol. The number of rotatable bonds is 4. The highest BCUT2D eigenvalue weighted by Crippen LogP contribution is 2.23. The largest absolute Gasteiger partial charge is 0.466 e. The van der Waals surface area contributed by atoms with Gasteiger partial charge in [0, 0.05) is 18.0 Å². The SMILES string of the molecule is CCOC(=O)Cc1ccccc1-c1cccnc1. The number of pyridine rings is 1. The van der Waals surface area contributed by atoms with Gasteiger partial charge in [-0.2, -0.15) is 0 Å². The van der Waals surface area contributed by atoms with Crippen LogP contribution in [0.3, 0.4) is 0 Å². The molecule has 0 aliphatic heterocycles. The molecule has 0 atom stereocenters. The van der Waals surface area contributed by atoms with Crippen molar-refractivity contribution in [3.8, 4) is 11.1 Å². The Morgan fingerprint density at radius 3 is 2.78 bits per heavy atom. The van der Waals surface area contributed by atoms with E-state index in [0.717, 1.165) is 16.7 Å². The summed E-state index contributed by atoms with van der Waals surface area (Å²) < 4.78 is 4.98. The van der Waals surface area contributed by atoms with Crippen molar-refractivity contribution >= 4 is 5.97 Å². The molecule has 0 saturated carbocycles. The monoisotopic (exact) mass is 241 g/mol. The van der Waals surface area contributed by atoms with E-state index in [2.05, 4.69) is 4.98 Å². The van der Waals surface area contributed by atoms with Gasteiger partial charge in [-0.05, 0) is 24.1 Å². The molecule has 2 aromatic rings. The fourth-order valence-electron chi connectivity index (χ4n) is 1.85. The van der Waals surface area contributed by atoms with Gasteiger partial charge in [-0.15, -0.1) is 0 Å². The van der Waals surface area contributed by atoms with Crippen molar-refractivity contribution in [3.63, 3.8) is 0 Å². The Morgan fingerprint density at radius 2 is 2.06 bits per heavy atom. The molecule has 0 bridgehead atoms. The Balaban J connectivity index is 2.29. The van der Waals surface area contributed by atoms with Gasteiger partial charge in [-0.3, -0.25) is 9.78 Å². The van der Waals surface area contributed by atoms with Gasteiger partial charge in [0.1, 0.15) is 0 Å². The molecule has 0 spiro atoms. The highest BCUT2D eigenvalue weighted by molar-refractivity contribution is 5.77. The van der Waals surface area contributed by atoms with Crippen LogP contribution in [0.2, 0.25) is 0 Å². The minimum absolute atomic E-state index is 0.200. The maximum absolute atomic E-state index is 11.6. The Morgan fingerprint density at radius 1 is 1.22 bits per heavy atom. The summed E-state index contributed by atoms with van der Waals surface area (Å²) in [5.74, 6) is -0.200. The lowest BCUT2D eigenvalue weighted by molar-refractivity contribution is -0.142. The quantitative estimate of drug-likeness (QED) is 0.773. The van der Waals surface area contributed by atoms with E-state index >= 15 is 0 Å². The second kappa shape index (κ2) is 5.96. The predicted molar refractivity (Wildman–Crippen MR) is 70.0 cm³/mol. The number of ether oxygens (including phenoxy) is 1. The fraction of sp³-hybridized carbons (Fsp3) is 0.200. The zero-order valence-corrected chi connectivity index (χ0v) is 10.3. The van der Waals surface area contributed by atoms with Crippen molar-refractivity contribution < 1.29 is 9.53 Å². The topological polar surface area (TPSA) is 39.2 Å². The van der Waals surface area contributed by atoms with E-state index in [1.54, 1.807) is 12.4 Å². The second-order valence-electron chi connectivity index (χ2n) is 3.88. The van der Waals surface area contributed by atoms with Crippen molar-refractivity contribution in [1.82, 2.24) is 4.98 Å². The van der Waals surface area contributed by atoms with Gasteiger partial charge in [0.25, 0.3) is 0 Å². The van der Waals surface area contributed by atoms with Gasteiger partial charge in [0.05, 0.1) is 13.0 Å². The molecule has 0 saturated heterocycles. The van der Waals surface area contributed by atoms with Crippen LogP contribution in [0.25, 0.3) is 11.1 Å². The van der Waals surface area contributed by atoms with Gasteiger partial charge in [0.2, 0.25) is 0 Å². The first-order chi connectivity index (χ1) is 8.81. The lowest BCUT2D eigenvalue weighted by atomic mass is 9.99. The van der Waals surface area contributed by atoms with Gasteiger partial charge < -0.3 is 4.74 Å². The smallest absolute Gasteiger partial charge is 0.310 e. The second-order valence-corrected chi connectivity index (χ2v) is 3.88. The van der Waals surface area contributed by atoms with Crippen molar-refractivity contribution in [1.29, 1.82) is 0 Å². The first-order valence-corrected chi connectivity index (χ1v) is 5.95. The number of benzene rings is 1. The Kier molecular flexibility index (Phi) is 4.07. The van der Waals surface area contributed by atoms with Crippen LogP contribution < -0.4 is 0 Å². The Hall–Kier alpha value is -2.16. The van der Waals surface area contributed by atoms with Crippen LogP contribution in [0.4, 0.5) is 0 Å². The summed E-state index contributed by atoms with van der Waals surface area (Å²) in [4.78, 5) is 15.7. The molecule has 1 aromatic carbocycles. The lowest BCUT2D eigenvalue weighted by Crippen LogP contribution is -2.08. The molecule has 1 heterocycles. The molecule has 18 heavy (non-hydrogen) atoms. The number of hydrogen-bond acceptors (Lipinski definition) is 3. The minimum Gasteiger partial charge on any atom is -0.466 e. The third-order valence-electron chi connectivity index (χ3n) is 2.63. The van der Waals surface area contributed by atoms with Crippen LogP contribution in [0.15, 0.2) is 48.8 Å². The molecule has 0 amide bonds. The summed E-state index contributed by atoms with van der Waals surface area (Å²) in [5, 5.41) is 0. The average molecular weight is 241 g/mol. The molecule has 2 rings (SSSR count). The standard InChI is InChI=1S/C15H15NO2/c1-2-18-15(17)10-12-6-3-4-8-14(12)13-7-5-9-16-11-13/h3-9,11H,2,10H2,1H3. The number of hydrogen-bond donors (Lipinski definition) is 0. The zero-order valence-electron chi connectivity index (χ0n) is 10.3. The van der Waals surface area contributed by atoms with E-state index in [1.807, 2.05) is 43.3 Å². The van der Waals surface area contributed by atoms with Crippen molar-refractivity contribution in [2.45, 2.75) is 13.3 Å². The molecule has 0 radical (unpaired) electrons. The van der Waals surface area contributed by atoms with Gasteiger partial charge in [0.15, 0.2) is 0 Å². The van der Waals surface area contributed by atoms with Gasteiger partial charge in [-0.25, -0.2) is 0 Å². The fourth-order valence-corrected chi connectivity index (χ4v) is 1.85. The number of nitrogens with zero attached hydrogens (tertiary/aromatic N) is 1. The third kappa shape index (κ3) is 2.94. The molecule has 3 nitrogen and oxygen atoms in total. The zero-order chi connectivity index (χ0) is 12.8. The molecule has 0 N–H and O–H groups in total. The number of carbonyl (C=O) groups excluding carboxylic acids is 1. The van der Waals surface area contributed by atoms with Crippen LogP contribution in [-0.4, -0.2) is 17.6 Å². The van der Waals surface area contributed by atoms with Crippen LogP contribution >= 0.6 is 0 Å². The third-order valence-corrected chi connectivity index (χ3v) is 2.63. The number of carbonyl (C=O) groups is 1. The molecule has 3 heteroatoms. The van der Waals surface area contributed by atoms with Crippen LogP contribution in [0, 0.1) is 0 Å². The van der Waals surface area contributed by atoms with E-state index < -0.39 is 0 Å². The predicted octanol–water partition coefficient (Wildman–Crippen LogP) is 2.85. The number of aromatic nitrogens is 1. The molecule has 92 valence electrons. The van der Waals surface area contributed by atoms with Crippen molar-refractivity contribution in [2.75, 3.05) is 6.61 Å². The van der Waals surface area contributed by atoms with Crippen LogP contribution in [-0.2, 0) is 16.0 Å². The van der Waals surface area contributed by atoms with Crippen LogP contribution in [0.1, 0.15) is 12.5 Å². The molecule has 0 unspecified atom stereocenters. The maximum Gasteiger partial charge on any atom is 0.310 e.